The average Bonchev–Trinajstić information content (AvgIpc) is 3.39. The number of hydrazone groups is 1. The zero-order valence-corrected chi connectivity index (χ0v) is 20.2. The normalized spacial score (nSPS) is 13.0. The SMILES string of the molecule is C#CCOc1c(/C=N\Nc2nc(Nc3ccccc3)nc(N3CCCC3)n2)cc(Br)cc1OC. The summed E-state index contributed by atoms with van der Waals surface area (Å²) < 4.78 is 11.9. The number of ether oxygens (including phenoxy) is 2. The predicted molar refractivity (Wildman–Crippen MR) is 137 cm³/mol. The Balaban J connectivity index is 1.59. The molecule has 0 saturated carbocycles. The minimum absolute atomic E-state index is 0.105. The van der Waals surface area contributed by atoms with Crippen LogP contribution >= 0.6 is 15.9 Å². The Kier molecular flexibility index (Phi) is 7.78. The smallest absolute Gasteiger partial charge is 0.250 e. The highest BCUT2D eigenvalue weighted by atomic mass is 79.9. The molecule has 1 saturated heterocycles. The Morgan fingerprint density at radius 1 is 1.15 bits per heavy atom. The number of para-hydroxylation sites is 1. The Morgan fingerprint density at radius 2 is 1.91 bits per heavy atom. The first-order valence-electron chi connectivity index (χ1n) is 10.7. The number of benzene rings is 2. The number of nitrogens with one attached hydrogen (secondary N) is 2. The summed E-state index contributed by atoms with van der Waals surface area (Å²) in [4.78, 5) is 15.8. The fraction of sp³-hybridized carbons (Fsp3) is 0.250. The molecule has 1 aliphatic heterocycles. The summed E-state index contributed by atoms with van der Waals surface area (Å²) in [5.41, 5.74) is 4.47. The van der Waals surface area contributed by atoms with E-state index in [2.05, 4.69) is 57.5 Å². The standard InChI is InChI=1S/C24H24BrN7O2/c1-3-13-34-21-17(14-18(25)15-20(21)33-2)16-26-31-23-28-22(27-19-9-5-4-6-10-19)29-24(30-23)32-11-7-8-12-32/h1,4-6,9-10,14-16H,7-8,11-13H2,2H3,(H2,27,28,29,30,31)/b26-16-. The zero-order chi connectivity index (χ0) is 23.8. The largest absolute Gasteiger partial charge is 0.493 e. The van der Waals surface area contributed by atoms with Crippen LogP contribution in [0.5, 0.6) is 11.5 Å². The van der Waals surface area contributed by atoms with E-state index >= 15 is 0 Å². The molecule has 1 aliphatic rings. The van der Waals surface area contributed by atoms with Crippen molar-refractivity contribution in [2.24, 2.45) is 5.10 Å². The van der Waals surface area contributed by atoms with Crippen LogP contribution in [-0.4, -0.2) is 48.0 Å². The number of aromatic nitrogens is 3. The molecule has 9 nitrogen and oxygen atoms in total. The van der Waals surface area contributed by atoms with E-state index in [4.69, 9.17) is 15.9 Å². The third-order valence-electron chi connectivity index (χ3n) is 4.98. The lowest BCUT2D eigenvalue weighted by molar-refractivity contribution is 0.330. The van der Waals surface area contributed by atoms with Gasteiger partial charge in [0.05, 0.1) is 13.3 Å². The van der Waals surface area contributed by atoms with Crippen LogP contribution in [-0.2, 0) is 0 Å². The number of methoxy groups -OCH3 is 1. The summed E-state index contributed by atoms with van der Waals surface area (Å²) in [6, 6.07) is 13.4. The van der Waals surface area contributed by atoms with Gasteiger partial charge in [0.1, 0.15) is 6.61 Å². The number of hydrogen-bond donors (Lipinski definition) is 2. The van der Waals surface area contributed by atoms with Crippen molar-refractivity contribution in [1.82, 2.24) is 15.0 Å². The van der Waals surface area contributed by atoms with Gasteiger partial charge in [-0.2, -0.15) is 20.1 Å². The molecule has 0 amide bonds. The summed E-state index contributed by atoms with van der Waals surface area (Å²) in [6.45, 7) is 1.92. The Hall–Kier alpha value is -3.84. The van der Waals surface area contributed by atoms with E-state index in [0.717, 1.165) is 36.1 Å². The molecule has 174 valence electrons. The van der Waals surface area contributed by atoms with Crippen LogP contribution in [0.2, 0.25) is 0 Å². The van der Waals surface area contributed by atoms with Crippen molar-refractivity contribution < 1.29 is 9.47 Å². The van der Waals surface area contributed by atoms with E-state index in [1.165, 1.54) is 0 Å². The van der Waals surface area contributed by atoms with Gasteiger partial charge >= 0.3 is 0 Å². The van der Waals surface area contributed by atoms with Crippen LogP contribution in [0.25, 0.3) is 0 Å². The lowest BCUT2D eigenvalue weighted by atomic mass is 10.2. The topological polar surface area (TPSA) is 96.8 Å². The number of anilines is 4. The molecule has 2 N–H and O–H groups in total. The molecule has 0 atom stereocenters. The molecule has 4 rings (SSSR count). The molecule has 3 aromatic rings. The second-order valence-corrected chi connectivity index (χ2v) is 8.27. The van der Waals surface area contributed by atoms with Crippen molar-refractivity contribution in [3.05, 3.63) is 52.5 Å². The van der Waals surface area contributed by atoms with Gasteiger partial charge in [-0.05, 0) is 37.1 Å². The van der Waals surface area contributed by atoms with E-state index < -0.39 is 0 Å². The summed E-state index contributed by atoms with van der Waals surface area (Å²) in [5.74, 6) is 4.85. The fourth-order valence-corrected chi connectivity index (χ4v) is 3.90. The van der Waals surface area contributed by atoms with Crippen LogP contribution < -0.4 is 25.1 Å². The summed E-state index contributed by atoms with van der Waals surface area (Å²) in [6.07, 6.45) is 9.18. The van der Waals surface area contributed by atoms with Crippen molar-refractivity contribution in [1.29, 1.82) is 0 Å². The third-order valence-corrected chi connectivity index (χ3v) is 5.44. The summed E-state index contributed by atoms with van der Waals surface area (Å²) in [5, 5.41) is 7.56. The first-order chi connectivity index (χ1) is 16.7. The van der Waals surface area contributed by atoms with Crippen LogP contribution in [0.1, 0.15) is 18.4 Å². The van der Waals surface area contributed by atoms with Crippen molar-refractivity contribution >= 4 is 45.7 Å². The molecule has 0 spiro atoms. The summed E-state index contributed by atoms with van der Waals surface area (Å²) >= 11 is 3.48. The lowest BCUT2D eigenvalue weighted by Gasteiger charge is -2.16. The quantitative estimate of drug-likeness (QED) is 0.242. The molecule has 2 aromatic carbocycles. The molecule has 1 fully saturated rings. The van der Waals surface area contributed by atoms with Gasteiger partial charge in [-0.1, -0.05) is 40.0 Å². The van der Waals surface area contributed by atoms with Gasteiger partial charge in [-0.25, -0.2) is 5.43 Å². The van der Waals surface area contributed by atoms with E-state index in [0.29, 0.717) is 34.9 Å². The average molecular weight is 522 g/mol. The zero-order valence-electron chi connectivity index (χ0n) is 18.7. The molecular formula is C24H24BrN7O2. The van der Waals surface area contributed by atoms with Crippen molar-refractivity contribution in [3.63, 3.8) is 0 Å². The molecule has 0 unspecified atom stereocenters. The highest BCUT2D eigenvalue weighted by Gasteiger charge is 2.18. The van der Waals surface area contributed by atoms with E-state index in [9.17, 15) is 0 Å². The lowest BCUT2D eigenvalue weighted by Crippen LogP contribution is -2.21. The molecule has 0 aliphatic carbocycles. The first-order valence-corrected chi connectivity index (χ1v) is 11.5. The minimum Gasteiger partial charge on any atom is -0.493 e. The summed E-state index contributed by atoms with van der Waals surface area (Å²) in [7, 11) is 1.57. The third kappa shape index (κ3) is 5.94. The fourth-order valence-electron chi connectivity index (χ4n) is 3.44. The Labute approximate surface area is 206 Å². The molecular weight excluding hydrogens is 498 g/mol. The van der Waals surface area contributed by atoms with E-state index in [-0.39, 0.29) is 6.61 Å². The Morgan fingerprint density at radius 3 is 2.65 bits per heavy atom. The number of rotatable bonds is 9. The van der Waals surface area contributed by atoms with Gasteiger partial charge in [0.25, 0.3) is 0 Å². The van der Waals surface area contributed by atoms with Crippen LogP contribution in [0.3, 0.4) is 0 Å². The molecule has 2 heterocycles. The van der Waals surface area contributed by atoms with E-state index in [1.54, 1.807) is 19.4 Å². The van der Waals surface area contributed by atoms with E-state index in [1.807, 2.05) is 36.4 Å². The van der Waals surface area contributed by atoms with Crippen molar-refractivity contribution in [2.75, 3.05) is 42.4 Å². The number of halogens is 1. The van der Waals surface area contributed by atoms with Gasteiger partial charge in [0.2, 0.25) is 17.8 Å². The highest BCUT2D eigenvalue weighted by Crippen LogP contribution is 2.34. The predicted octanol–water partition coefficient (Wildman–Crippen LogP) is 4.44. The second-order valence-electron chi connectivity index (χ2n) is 7.36. The number of nitrogens with zero attached hydrogens (tertiary/aromatic N) is 5. The number of hydrogen-bond acceptors (Lipinski definition) is 9. The van der Waals surface area contributed by atoms with Gasteiger partial charge in [0, 0.05) is 28.8 Å². The molecule has 1 aromatic heterocycles. The second kappa shape index (κ2) is 11.3. The van der Waals surface area contributed by atoms with Crippen LogP contribution in [0.15, 0.2) is 52.0 Å². The number of terminal acetylenes is 1. The van der Waals surface area contributed by atoms with Crippen LogP contribution in [0.4, 0.5) is 23.5 Å². The molecule has 0 bridgehead atoms. The van der Waals surface area contributed by atoms with Gasteiger partial charge in [-0.3, -0.25) is 0 Å². The van der Waals surface area contributed by atoms with Crippen LogP contribution in [0, 0.1) is 12.3 Å². The van der Waals surface area contributed by atoms with Gasteiger partial charge < -0.3 is 19.7 Å². The van der Waals surface area contributed by atoms with Crippen molar-refractivity contribution in [2.45, 2.75) is 12.8 Å². The maximum atomic E-state index is 5.68. The van der Waals surface area contributed by atoms with Gasteiger partial charge in [-0.15, -0.1) is 6.42 Å². The molecule has 0 radical (unpaired) electrons. The highest BCUT2D eigenvalue weighted by molar-refractivity contribution is 9.10. The van der Waals surface area contributed by atoms with Crippen molar-refractivity contribution in [3.8, 4) is 23.8 Å². The maximum Gasteiger partial charge on any atom is 0.250 e. The molecule has 10 heteroatoms. The molecule has 34 heavy (non-hydrogen) atoms. The van der Waals surface area contributed by atoms with Gasteiger partial charge in [0.15, 0.2) is 11.5 Å². The monoisotopic (exact) mass is 521 g/mol. The Bertz CT molecular complexity index is 1190. The first kappa shape index (κ1) is 23.3. The minimum atomic E-state index is 0.105. The maximum absolute atomic E-state index is 5.68.